The van der Waals surface area contributed by atoms with Gasteiger partial charge in [-0.2, -0.15) is 0 Å². The molecule has 3 rings (SSSR count). The molecule has 0 aromatic heterocycles. The highest BCUT2D eigenvalue weighted by Gasteiger charge is 2.15. The van der Waals surface area contributed by atoms with Gasteiger partial charge < -0.3 is 29.6 Å². The van der Waals surface area contributed by atoms with Crippen LogP contribution in [-0.2, 0) is 16.0 Å². The molecule has 1 saturated heterocycles. The maximum absolute atomic E-state index is 5.76. The molecule has 2 N–H and O–H groups in total. The van der Waals surface area contributed by atoms with Gasteiger partial charge >= 0.3 is 0 Å². The summed E-state index contributed by atoms with van der Waals surface area (Å²) >= 11 is 0. The van der Waals surface area contributed by atoms with Gasteiger partial charge in [0, 0.05) is 32.7 Å². The van der Waals surface area contributed by atoms with E-state index in [0.29, 0.717) is 32.5 Å². The Bertz CT molecular complexity index is 618. The van der Waals surface area contributed by atoms with Crippen LogP contribution in [0.15, 0.2) is 23.2 Å². The standard InChI is InChI=1S/C21H33N3O4/c1-2-22-21(23-9-4-10-25-16-18-6-3-11-26-18)24-15-17-7-8-19-20(14-17)28-13-5-12-27-19/h7-8,14,18H,2-6,9-13,15-16H2,1H3,(H2,22,23,24). The first-order valence-electron chi connectivity index (χ1n) is 10.4. The fraction of sp³-hybridized carbons (Fsp3) is 0.667. The number of nitrogens with zero attached hydrogens (tertiary/aromatic N) is 1. The predicted octanol–water partition coefficient (Wildman–Crippen LogP) is 2.49. The highest BCUT2D eigenvalue weighted by molar-refractivity contribution is 5.79. The molecule has 28 heavy (non-hydrogen) atoms. The van der Waals surface area contributed by atoms with Crippen LogP contribution in [0.25, 0.3) is 0 Å². The lowest BCUT2D eigenvalue weighted by molar-refractivity contribution is 0.0168. The molecule has 0 amide bonds. The van der Waals surface area contributed by atoms with Crippen molar-refractivity contribution in [2.24, 2.45) is 4.99 Å². The number of hydrogen-bond donors (Lipinski definition) is 2. The van der Waals surface area contributed by atoms with Gasteiger partial charge in [-0.3, -0.25) is 0 Å². The molecular formula is C21H33N3O4. The summed E-state index contributed by atoms with van der Waals surface area (Å²) in [6, 6.07) is 6.03. The molecule has 0 aliphatic carbocycles. The summed E-state index contributed by atoms with van der Waals surface area (Å²) in [6.45, 7) is 8.00. The number of benzene rings is 1. The molecule has 2 aliphatic heterocycles. The summed E-state index contributed by atoms with van der Waals surface area (Å²) in [4.78, 5) is 4.67. The van der Waals surface area contributed by atoms with Crippen molar-refractivity contribution in [2.75, 3.05) is 46.1 Å². The number of nitrogens with one attached hydrogen (secondary N) is 2. The summed E-state index contributed by atoms with van der Waals surface area (Å²) in [5, 5.41) is 6.65. The van der Waals surface area contributed by atoms with E-state index in [0.717, 1.165) is 75.0 Å². The van der Waals surface area contributed by atoms with Crippen molar-refractivity contribution in [3.63, 3.8) is 0 Å². The minimum absolute atomic E-state index is 0.294. The number of fused-ring (bicyclic) bond motifs is 1. The van der Waals surface area contributed by atoms with Crippen molar-refractivity contribution < 1.29 is 18.9 Å². The first kappa shape index (κ1) is 20.7. The number of rotatable bonds is 9. The van der Waals surface area contributed by atoms with Gasteiger partial charge in [-0.15, -0.1) is 0 Å². The van der Waals surface area contributed by atoms with Crippen LogP contribution in [0.1, 0.15) is 38.2 Å². The molecule has 0 saturated carbocycles. The van der Waals surface area contributed by atoms with Gasteiger partial charge in [-0.1, -0.05) is 6.07 Å². The van der Waals surface area contributed by atoms with E-state index in [1.165, 1.54) is 0 Å². The van der Waals surface area contributed by atoms with Crippen LogP contribution in [0.3, 0.4) is 0 Å². The van der Waals surface area contributed by atoms with Crippen molar-refractivity contribution >= 4 is 5.96 Å². The zero-order chi connectivity index (χ0) is 19.4. The lowest BCUT2D eigenvalue weighted by Gasteiger charge is -2.13. The van der Waals surface area contributed by atoms with Crippen LogP contribution < -0.4 is 20.1 Å². The fourth-order valence-electron chi connectivity index (χ4n) is 3.19. The molecule has 0 bridgehead atoms. The summed E-state index contributed by atoms with van der Waals surface area (Å²) in [6.07, 6.45) is 4.41. The summed E-state index contributed by atoms with van der Waals surface area (Å²) in [5.41, 5.74) is 1.10. The largest absolute Gasteiger partial charge is 0.490 e. The zero-order valence-corrected chi connectivity index (χ0v) is 16.9. The van der Waals surface area contributed by atoms with Gasteiger partial charge in [-0.05, 0) is 43.9 Å². The van der Waals surface area contributed by atoms with Crippen LogP contribution in [0, 0.1) is 0 Å². The molecule has 7 nitrogen and oxygen atoms in total. The predicted molar refractivity (Wildman–Crippen MR) is 109 cm³/mol. The molecule has 2 heterocycles. The number of hydrogen-bond acceptors (Lipinski definition) is 5. The van der Waals surface area contributed by atoms with Gasteiger partial charge in [0.25, 0.3) is 0 Å². The molecule has 0 radical (unpaired) electrons. The number of ether oxygens (including phenoxy) is 4. The van der Waals surface area contributed by atoms with Crippen molar-refractivity contribution in [1.82, 2.24) is 10.6 Å². The van der Waals surface area contributed by atoms with Gasteiger partial charge in [0.05, 0.1) is 32.5 Å². The molecule has 0 spiro atoms. The van der Waals surface area contributed by atoms with Crippen LogP contribution in [-0.4, -0.2) is 58.2 Å². The molecule has 1 atom stereocenters. The quantitative estimate of drug-likeness (QED) is 0.383. The van der Waals surface area contributed by atoms with Crippen molar-refractivity contribution in [2.45, 2.75) is 45.3 Å². The van der Waals surface area contributed by atoms with E-state index in [4.69, 9.17) is 18.9 Å². The minimum Gasteiger partial charge on any atom is -0.490 e. The Morgan fingerprint density at radius 1 is 1.14 bits per heavy atom. The third-order valence-corrected chi connectivity index (χ3v) is 4.66. The smallest absolute Gasteiger partial charge is 0.191 e. The molecule has 156 valence electrons. The fourth-order valence-corrected chi connectivity index (χ4v) is 3.19. The third-order valence-electron chi connectivity index (χ3n) is 4.66. The molecule has 1 fully saturated rings. The summed E-state index contributed by atoms with van der Waals surface area (Å²) < 4.78 is 22.7. The number of aliphatic imine (C=N–C) groups is 1. The lowest BCUT2D eigenvalue weighted by Crippen LogP contribution is -2.38. The maximum Gasteiger partial charge on any atom is 0.191 e. The van der Waals surface area contributed by atoms with Gasteiger partial charge in [0.1, 0.15) is 0 Å². The van der Waals surface area contributed by atoms with Crippen LogP contribution in [0.2, 0.25) is 0 Å². The van der Waals surface area contributed by atoms with Gasteiger partial charge in [-0.25, -0.2) is 4.99 Å². The Morgan fingerprint density at radius 2 is 2.04 bits per heavy atom. The van der Waals surface area contributed by atoms with Gasteiger partial charge in [0.15, 0.2) is 17.5 Å². The third kappa shape index (κ3) is 6.87. The second-order valence-corrected chi connectivity index (χ2v) is 7.02. The highest BCUT2D eigenvalue weighted by atomic mass is 16.5. The molecule has 1 aromatic rings. The van der Waals surface area contributed by atoms with E-state index in [1.807, 2.05) is 18.2 Å². The Labute approximate surface area is 167 Å². The van der Waals surface area contributed by atoms with Crippen LogP contribution >= 0.6 is 0 Å². The van der Waals surface area contributed by atoms with E-state index >= 15 is 0 Å². The molecular weight excluding hydrogens is 358 g/mol. The normalized spacial score (nSPS) is 19.3. The Balaban J connectivity index is 1.40. The first-order chi connectivity index (χ1) is 13.8. The average Bonchev–Trinajstić information content (AvgIpc) is 3.12. The Kier molecular flexibility index (Phi) is 8.71. The second-order valence-electron chi connectivity index (χ2n) is 7.02. The van der Waals surface area contributed by atoms with E-state index in [9.17, 15) is 0 Å². The van der Waals surface area contributed by atoms with E-state index in [1.54, 1.807) is 0 Å². The van der Waals surface area contributed by atoms with Crippen LogP contribution in [0.5, 0.6) is 11.5 Å². The van der Waals surface area contributed by atoms with Crippen molar-refractivity contribution in [1.29, 1.82) is 0 Å². The lowest BCUT2D eigenvalue weighted by atomic mass is 10.2. The Morgan fingerprint density at radius 3 is 2.86 bits per heavy atom. The second kappa shape index (κ2) is 11.8. The summed E-state index contributed by atoms with van der Waals surface area (Å²) in [7, 11) is 0. The van der Waals surface area contributed by atoms with Crippen molar-refractivity contribution in [3.8, 4) is 11.5 Å². The zero-order valence-electron chi connectivity index (χ0n) is 16.9. The van der Waals surface area contributed by atoms with Crippen molar-refractivity contribution in [3.05, 3.63) is 23.8 Å². The topological polar surface area (TPSA) is 73.3 Å². The van der Waals surface area contributed by atoms with Crippen LogP contribution in [0.4, 0.5) is 0 Å². The molecule has 1 unspecified atom stereocenters. The monoisotopic (exact) mass is 391 g/mol. The highest BCUT2D eigenvalue weighted by Crippen LogP contribution is 2.30. The average molecular weight is 392 g/mol. The summed E-state index contributed by atoms with van der Waals surface area (Å²) in [5.74, 6) is 2.44. The van der Waals surface area contributed by atoms with E-state index < -0.39 is 0 Å². The first-order valence-corrected chi connectivity index (χ1v) is 10.4. The molecule has 1 aromatic carbocycles. The number of guanidine groups is 1. The SMILES string of the molecule is CCNC(=NCc1ccc2c(c1)OCCCO2)NCCCOCC1CCCO1. The molecule has 7 heteroatoms. The van der Waals surface area contributed by atoms with E-state index in [-0.39, 0.29) is 0 Å². The molecule has 2 aliphatic rings. The minimum atomic E-state index is 0.294. The maximum atomic E-state index is 5.76. The van der Waals surface area contributed by atoms with E-state index in [2.05, 4.69) is 22.5 Å². The van der Waals surface area contributed by atoms with Gasteiger partial charge in [0.2, 0.25) is 0 Å². The Hall–Kier alpha value is -1.99.